The monoisotopic (exact) mass is 671 g/mol. The number of alkyl halides is 2. The Bertz CT molecular complexity index is 1830. The first-order valence-electron chi connectivity index (χ1n) is 14.9. The van der Waals surface area contributed by atoms with Crippen molar-refractivity contribution in [1.29, 1.82) is 0 Å². The number of rotatable bonds is 11. The van der Waals surface area contributed by atoms with E-state index in [9.17, 15) is 28.2 Å². The van der Waals surface area contributed by atoms with E-state index in [2.05, 4.69) is 5.32 Å². The molecule has 4 aromatic rings. The molecule has 252 valence electrons. The molecule has 2 N–H and O–H groups in total. The van der Waals surface area contributed by atoms with Crippen LogP contribution in [0.5, 0.6) is 5.75 Å². The molecule has 0 fully saturated rings. The van der Waals surface area contributed by atoms with Crippen molar-refractivity contribution >= 4 is 19.4 Å². The maximum atomic E-state index is 14.4. The first-order valence-corrected chi connectivity index (χ1v) is 16.4. The highest BCUT2D eigenvalue weighted by molar-refractivity contribution is 7.47. The van der Waals surface area contributed by atoms with Crippen LogP contribution < -0.4 is 14.8 Å². The average Bonchev–Trinajstić information content (AvgIpc) is 3.23. The molecule has 0 aliphatic heterocycles. The zero-order valence-electron chi connectivity index (χ0n) is 27.7. The number of hydrogen-bond acceptors (Lipinski definition) is 6. The van der Waals surface area contributed by atoms with Crippen molar-refractivity contribution < 1.29 is 41.5 Å². The summed E-state index contributed by atoms with van der Waals surface area (Å²) in [5, 5.41) is 16.6. The van der Waals surface area contributed by atoms with Gasteiger partial charge in [-0.05, 0) is 81.6 Å². The number of nitrogens with zero attached hydrogens (tertiary/aromatic N) is 2. The Balaban J connectivity index is 1.87. The minimum absolute atomic E-state index is 0.0609. The molecule has 4 rings (SSSR count). The Kier molecular flexibility index (Phi) is 10.3. The summed E-state index contributed by atoms with van der Waals surface area (Å²) in [6.45, 7) is 10.8. The fourth-order valence-corrected chi connectivity index (χ4v) is 6.35. The lowest BCUT2D eigenvalue weighted by Gasteiger charge is -2.22. The quantitative estimate of drug-likeness (QED) is 0.0939. The largest absolute Gasteiger partial charge is 0.710 e. The second-order valence-corrected chi connectivity index (χ2v) is 13.6. The first-order chi connectivity index (χ1) is 21.9. The van der Waals surface area contributed by atoms with Crippen LogP contribution in [0.15, 0.2) is 60.7 Å². The van der Waals surface area contributed by atoms with Crippen LogP contribution in [0.3, 0.4) is 0 Å². The lowest BCUT2D eigenvalue weighted by molar-refractivity contribution is -0.595. The fraction of sp³-hybridized carbons (Fsp3) is 0.353. The molecule has 1 amide bonds. The standard InChI is InChI=1S/C34H40F2N3O7P/c1-9-34(35,36)25-14-11-15-26(19-25)37-31(40)30-23(4)38(20-45-47(42,43)46-33(5,6)7)32(39(30)41)24-16-17-28(44-8)27(18-24)29-21(2)12-10-13-22(29)3/h10-19H,9,20H2,1-8H3,(H,37,40)(H,42,43). The number of carbonyl (C=O) groups excluding carboxylic acids is 1. The van der Waals surface area contributed by atoms with Crippen molar-refractivity contribution in [3.63, 3.8) is 0 Å². The zero-order chi connectivity index (χ0) is 34.9. The molecule has 13 heteroatoms. The Labute approximate surface area is 273 Å². The topological polar surface area (TPSA) is 126 Å². The number of anilines is 1. The molecular weight excluding hydrogens is 631 g/mol. The molecule has 0 radical (unpaired) electrons. The number of aromatic nitrogens is 2. The zero-order valence-corrected chi connectivity index (χ0v) is 28.6. The van der Waals surface area contributed by atoms with Gasteiger partial charge in [-0.2, -0.15) is 0 Å². The predicted octanol–water partition coefficient (Wildman–Crippen LogP) is 8.03. The molecule has 0 spiro atoms. The molecule has 1 atom stereocenters. The van der Waals surface area contributed by atoms with Gasteiger partial charge < -0.3 is 20.2 Å². The van der Waals surface area contributed by atoms with Crippen molar-refractivity contribution in [3.8, 4) is 28.3 Å². The number of hydrogen-bond donors (Lipinski definition) is 2. The van der Waals surface area contributed by atoms with Gasteiger partial charge in [0, 0.05) is 30.2 Å². The van der Waals surface area contributed by atoms with Crippen LogP contribution >= 0.6 is 7.82 Å². The Morgan fingerprint density at radius 1 is 1.04 bits per heavy atom. The van der Waals surface area contributed by atoms with Gasteiger partial charge in [0.2, 0.25) is 12.4 Å². The second kappa shape index (κ2) is 13.6. The number of carbonyl (C=O) groups is 1. The summed E-state index contributed by atoms with van der Waals surface area (Å²) in [4.78, 5) is 24.1. The number of aryl methyl sites for hydroxylation is 2. The summed E-state index contributed by atoms with van der Waals surface area (Å²) in [6, 6.07) is 16.1. The van der Waals surface area contributed by atoms with Crippen molar-refractivity contribution in [3.05, 3.63) is 93.9 Å². The van der Waals surface area contributed by atoms with Crippen molar-refractivity contribution in [2.45, 2.75) is 73.1 Å². The van der Waals surface area contributed by atoms with Crippen molar-refractivity contribution in [2.75, 3.05) is 12.4 Å². The van der Waals surface area contributed by atoms with E-state index in [1.807, 2.05) is 32.0 Å². The maximum absolute atomic E-state index is 14.4. The molecule has 0 saturated heterocycles. The van der Waals surface area contributed by atoms with Crippen LogP contribution in [-0.4, -0.2) is 28.1 Å². The van der Waals surface area contributed by atoms with Gasteiger partial charge in [0.15, 0.2) is 5.69 Å². The summed E-state index contributed by atoms with van der Waals surface area (Å²) in [5.74, 6) is -3.53. The van der Waals surface area contributed by atoms with Crippen molar-refractivity contribution in [2.24, 2.45) is 0 Å². The van der Waals surface area contributed by atoms with E-state index >= 15 is 0 Å². The number of amides is 1. The highest BCUT2D eigenvalue weighted by Gasteiger charge is 2.35. The molecule has 1 aromatic heterocycles. The van der Waals surface area contributed by atoms with Crippen LogP contribution in [0.4, 0.5) is 14.5 Å². The summed E-state index contributed by atoms with van der Waals surface area (Å²) in [5.41, 5.74) is 2.29. The SMILES string of the molecule is CCC(F)(F)c1cccc(NC(=O)c2c(C)n(COP(=O)(O)OC(C)(C)C)c(-c3ccc(OC)c(-c4c(C)cccc4C)c3)[n+]2[O-])c1. The molecule has 1 unspecified atom stereocenters. The Morgan fingerprint density at radius 3 is 2.28 bits per heavy atom. The second-order valence-electron chi connectivity index (χ2n) is 12.2. The third-order valence-electron chi connectivity index (χ3n) is 7.55. The molecule has 0 aliphatic rings. The first kappa shape index (κ1) is 35.8. The van der Waals surface area contributed by atoms with Gasteiger partial charge in [-0.25, -0.2) is 27.2 Å². The van der Waals surface area contributed by atoms with E-state index in [0.717, 1.165) is 22.8 Å². The number of imidazole rings is 1. The minimum atomic E-state index is -4.63. The summed E-state index contributed by atoms with van der Waals surface area (Å²) < 4.78 is 59.5. The molecule has 47 heavy (non-hydrogen) atoms. The maximum Gasteiger partial charge on any atom is 0.475 e. The third kappa shape index (κ3) is 7.90. The van der Waals surface area contributed by atoms with Crippen LogP contribution in [0, 0.1) is 26.0 Å². The van der Waals surface area contributed by atoms with Crippen LogP contribution in [-0.2, 0) is 26.3 Å². The van der Waals surface area contributed by atoms with E-state index < -0.39 is 38.4 Å². The van der Waals surface area contributed by atoms with Gasteiger partial charge in [0.25, 0.3) is 17.7 Å². The van der Waals surface area contributed by atoms with Gasteiger partial charge in [-0.15, -0.1) is 0 Å². The summed E-state index contributed by atoms with van der Waals surface area (Å²) in [7, 11) is -3.10. The van der Waals surface area contributed by atoms with Crippen molar-refractivity contribution in [1.82, 2.24) is 4.57 Å². The molecular formula is C34H40F2N3O7P. The third-order valence-corrected chi connectivity index (χ3v) is 8.77. The minimum Gasteiger partial charge on any atom is -0.710 e. The highest BCUT2D eigenvalue weighted by Crippen LogP contribution is 2.48. The van der Waals surface area contributed by atoms with Gasteiger partial charge in [-0.3, -0.25) is 9.32 Å². The number of halogens is 2. The van der Waals surface area contributed by atoms with Gasteiger partial charge in [0.05, 0.1) is 18.3 Å². The summed E-state index contributed by atoms with van der Waals surface area (Å²) >= 11 is 0. The number of nitrogens with one attached hydrogen (secondary N) is 1. The number of methoxy groups -OCH3 is 1. The fourth-order valence-electron chi connectivity index (χ4n) is 5.34. The number of phosphoric acid groups is 1. The lowest BCUT2D eigenvalue weighted by atomic mass is 9.93. The lowest BCUT2D eigenvalue weighted by Crippen LogP contribution is -2.37. The van der Waals surface area contributed by atoms with Gasteiger partial charge >= 0.3 is 7.82 Å². The van der Waals surface area contributed by atoms with Crippen LogP contribution in [0.25, 0.3) is 22.5 Å². The number of phosphoric ester groups is 1. The van der Waals surface area contributed by atoms with Gasteiger partial charge in [0.1, 0.15) is 5.75 Å². The van der Waals surface area contributed by atoms with E-state index in [1.54, 1.807) is 39.0 Å². The Morgan fingerprint density at radius 2 is 1.68 bits per heavy atom. The molecule has 0 saturated carbocycles. The highest BCUT2D eigenvalue weighted by atomic mass is 31.2. The predicted molar refractivity (Wildman–Crippen MR) is 175 cm³/mol. The number of benzene rings is 3. The molecule has 3 aromatic carbocycles. The van der Waals surface area contributed by atoms with E-state index in [1.165, 1.54) is 43.7 Å². The smallest absolute Gasteiger partial charge is 0.475 e. The van der Waals surface area contributed by atoms with E-state index in [0.29, 0.717) is 21.6 Å². The van der Waals surface area contributed by atoms with E-state index in [-0.39, 0.29) is 28.5 Å². The molecule has 1 heterocycles. The van der Waals surface area contributed by atoms with E-state index in [4.69, 9.17) is 13.8 Å². The van der Waals surface area contributed by atoms with Gasteiger partial charge in [-0.1, -0.05) is 37.3 Å². The average molecular weight is 672 g/mol. The van der Waals surface area contributed by atoms with Crippen LogP contribution in [0.1, 0.15) is 67.0 Å². The molecule has 0 bridgehead atoms. The summed E-state index contributed by atoms with van der Waals surface area (Å²) in [6.07, 6.45) is -0.435. The number of ether oxygens (including phenoxy) is 1. The van der Waals surface area contributed by atoms with Crippen LogP contribution in [0.2, 0.25) is 0 Å². The normalized spacial score (nSPS) is 13.3. The molecule has 0 aliphatic carbocycles. The molecule has 10 nitrogen and oxygen atoms in total. The Hall–Kier alpha value is -4.09.